The van der Waals surface area contributed by atoms with E-state index in [-0.39, 0.29) is 0 Å². The van der Waals surface area contributed by atoms with Crippen LogP contribution in [0.15, 0.2) is 15.0 Å². The summed E-state index contributed by atoms with van der Waals surface area (Å²) in [4.78, 5) is 0. The number of benzene rings is 1. The number of halogens is 3. The number of rotatable bonds is 2. The van der Waals surface area contributed by atoms with Gasteiger partial charge in [-0.15, -0.1) is 0 Å². The Morgan fingerprint density at radius 2 is 1.46 bits per heavy atom. The summed E-state index contributed by atoms with van der Waals surface area (Å²) in [6.45, 7) is 0. The number of hydrogen-bond donors (Lipinski definition) is 0. The van der Waals surface area contributed by atoms with Gasteiger partial charge in [-0.1, -0.05) is 0 Å². The van der Waals surface area contributed by atoms with E-state index in [2.05, 4.69) is 54.5 Å². The summed E-state index contributed by atoms with van der Waals surface area (Å²) < 4.78 is 13.2. The molecule has 2 nitrogen and oxygen atoms in total. The van der Waals surface area contributed by atoms with Crippen molar-refractivity contribution in [2.24, 2.45) is 0 Å². The lowest BCUT2D eigenvalue weighted by Gasteiger charge is -2.11. The molecule has 0 fully saturated rings. The maximum Gasteiger partial charge on any atom is 0.150 e. The van der Waals surface area contributed by atoms with Crippen LogP contribution in [0, 0.1) is 3.57 Å². The highest BCUT2D eigenvalue weighted by Gasteiger charge is 2.14. The lowest BCUT2D eigenvalue weighted by atomic mass is 10.3. The third-order valence-electron chi connectivity index (χ3n) is 1.49. The van der Waals surface area contributed by atoms with Crippen LogP contribution in [0.25, 0.3) is 0 Å². The van der Waals surface area contributed by atoms with Crippen LogP contribution in [-0.4, -0.2) is 14.2 Å². The van der Waals surface area contributed by atoms with Gasteiger partial charge >= 0.3 is 0 Å². The fourth-order valence-electron chi connectivity index (χ4n) is 0.929. The van der Waals surface area contributed by atoms with Gasteiger partial charge in [-0.2, -0.15) is 0 Å². The Bertz CT molecular complexity index is 300. The lowest BCUT2D eigenvalue weighted by molar-refractivity contribution is 0.385. The molecule has 1 rings (SSSR count). The first kappa shape index (κ1) is 11.6. The van der Waals surface area contributed by atoms with Crippen LogP contribution >= 0.6 is 54.5 Å². The first-order valence-corrected chi connectivity index (χ1v) is 6.03. The molecule has 5 heteroatoms. The van der Waals surface area contributed by atoms with E-state index in [9.17, 15) is 0 Å². The first-order chi connectivity index (χ1) is 6.11. The average molecular weight is 422 g/mol. The van der Waals surface area contributed by atoms with Crippen molar-refractivity contribution in [2.45, 2.75) is 0 Å². The van der Waals surface area contributed by atoms with Crippen molar-refractivity contribution >= 4 is 54.5 Å². The predicted molar refractivity (Wildman–Crippen MR) is 67.7 cm³/mol. The SMILES string of the molecule is COc1c(Br)cc(Br)c(OC)c1I. The Labute approximate surface area is 107 Å². The Morgan fingerprint density at radius 1 is 1.08 bits per heavy atom. The summed E-state index contributed by atoms with van der Waals surface area (Å²) in [5.74, 6) is 1.58. The van der Waals surface area contributed by atoms with Crippen LogP contribution < -0.4 is 9.47 Å². The fraction of sp³-hybridized carbons (Fsp3) is 0.250. The van der Waals surface area contributed by atoms with E-state index < -0.39 is 0 Å². The van der Waals surface area contributed by atoms with Crippen molar-refractivity contribution in [3.05, 3.63) is 18.6 Å². The molecule has 0 spiro atoms. The minimum atomic E-state index is 0.792. The average Bonchev–Trinajstić information content (AvgIpc) is 2.04. The molecule has 0 aliphatic carbocycles. The van der Waals surface area contributed by atoms with Gasteiger partial charge in [0.15, 0.2) is 0 Å². The maximum absolute atomic E-state index is 5.22. The molecule has 0 saturated heterocycles. The number of methoxy groups -OCH3 is 2. The molecule has 0 aromatic heterocycles. The zero-order chi connectivity index (χ0) is 10.0. The lowest BCUT2D eigenvalue weighted by Crippen LogP contribution is -1.94. The van der Waals surface area contributed by atoms with Crippen LogP contribution in [0.4, 0.5) is 0 Å². The second kappa shape index (κ2) is 4.84. The summed E-state index contributed by atoms with van der Waals surface area (Å²) in [6, 6.07) is 1.90. The summed E-state index contributed by atoms with van der Waals surface area (Å²) in [7, 11) is 3.27. The highest BCUT2D eigenvalue weighted by atomic mass is 127. The summed E-state index contributed by atoms with van der Waals surface area (Å²) in [6.07, 6.45) is 0. The van der Waals surface area contributed by atoms with Crippen molar-refractivity contribution in [3.63, 3.8) is 0 Å². The number of ether oxygens (including phenoxy) is 2. The molecule has 0 radical (unpaired) electrons. The van der Waals surface area contributed by atoms with Gasteiger partial charge in [0.2, 0.25) is 0 Å². The molecule has 0 amide bonds. The predicted octanol–water partition coefficient (Wildman–Crippen LogP) is 3.83. The molecule has 0 bridgehead atoms. The van der Waals surface area contributed by atoms with Crippen molar-refractivity contribution in [3.8, 4) is 11.5 Å². The summed E-state index contributed by atoms with van der Waals surface area (Å²) in [5.41, 5.74) is 0. The molecule has 0 aliphatic heterocycles. The van der Waals surface area contributed by atoms with Crippen LogP contribution in [0.3, 0.4) is 0 Å². The summed E-state index contributed by atoms with van der Waals surface area (Å²) >= 11 is 8.99. The third-order valence-corrected chi connectivity index (χ3v) is 3.65. The van der Waals surface area contributed by atoms with Crippen LogP contribution in [0.1, 0.15) is 0 Å². The van der Waals surface area contributed by atoms with E-state index in [1.807, 2.05) is 6.07 Å². The van der Waals surface area contributed by atoms with E-state index in [4.69, 9.17) is 9.47 Å². The minimum Gasteiger partial charge on any atom is -0.494 e. The first-order valence-electron chi connectivity index (χ1n) is 3.37. The van der Waals surface area contributed by atoms with E-state index in [0.717, 1.165) is 24.0 Å². The highest BCUT2D eigenvalue weighted by molar-refractivity contribution is 14.1. The second-order valence-electron chi connectivity index (χ2n) is 2.22. The molecule has 13 heavy (non-hydrogen) atoms. The van der Waals surface area contributed by atoms with Gasteiger partial charge in [0, 0.05) is 0 Å². The second-order valence-corrected chi connectivity index (χ2v) is 5.01. The molecule has 0 heterocycles. The monoisotopic (exact) mass is 420 g/mol. The van der Waals surface area contributed by atoms with Crippen molar-refractivity contribution < 1.29 is 9.47 Å². The molecular weight excluding hydrogens is 415 g/mol. The topological polar surface area (TPSA) is 18.5 Å². The third kappa shape index (κ3) is 2.30. The van der Waals surface area contributed by atoms with Gasteiger partial charge < -0.3 is 9.47 Å². The van der Waals surface area contributed by atoms with Crippen LogP contribution in [-0.2, 0) is 0 Å². The Balaban J connectivity index is 3.39. The van der Waals surface area contributed by atoms with Gasteiger partial charge in [-0.05, 0) is 60.5 Å². The molecule has 72 valence electrons. The quantitative estimate of drug-likeness (QED) is 0.676. The standard InChI is InChI=1S/C8H7Br2IO2/c1-12-7-4(9)3-5(10)8(13-2)6(7)11/h3H,1-2H3. The molecular formula is C8H7Br2IO2. The van der Waals surface area contributed by atoms with Gasteiger partial charge in [0.25, 0.3) is 0 Å². The zero-order valence-electron chi connectivity index (χ0n) is 7.03. The van der Waals surface area contributed by atoms with Gasteiger partial charge in [-0.25, -0.2) is 0 Å². The van der Waals surface area contributed by atoms with Crippen molar-refractivity contribution in [1.29, 1.82) is 0 Å². The van der Waals surface area contributed by atoms with Gasteiger partial charge in [0.05, 0.1) is 26.7 Å². The largest absolute Gasteiger partial charge is 0.494 e. The Kier molecular flexibility index (Phi) is 4.31. The zero-order valence-corrected chi connectivity index (χ0v) is 12.4. The van der Waals surface area contributed by atoms with E-state index in [0.29, 0.717) is 0 Å². The van der Waals surface area contributed by atoms with Crippen LogP contribution in [0.2, 0.25) is 0 Å². The minimum absolute atomic E-state index is 0.792. The van der Waals surface area contributed by atoms with Crippen molar-refractivity contribution in [2.75, 3.05) is 14.2 Å². The molecule has 0 atom stereocenters. The molecule has 0 unspecified atom stereocenters. The molecule has 1 aromatic carbocycles. The van der Waals surface area contributed by atoms with E-state index in [1.54, 1.807) is 14.2 Å². The molecule has 0 saturated carbocycles. The van der Waals surface area contributed by atoms with Gasteiger partial charge in [-0.3, -0.25) is 0 Å². The molecule has 0 aliphatic rings. The van der Waals surface area contributed by atoms with Gasteiger partial charge in [0.1, 0.15) is 11.5 Å². The highest BCUT2D eigenvalue weighted by Crippen LogP contribution is 2.41. The smallest absolute Gasteiger partial charge is 0.150 e. The normalized spacial score (nSPS) is 9.92. The van der Waals surface area contributed by atoms with E-state index >= 15 is 0 Å². The fourth-order valence-corrected chi connectivity index (χ4v) is 4.18. The van der Waals surface area contributed by atoms with E-state index in [1.165, 1.54) is 0 Å². The Morgan fingerprint density at radius 3 is 1.77 bits per heavy atom. The maximum atomic E-state index is 5.22. The Hall–Kier alpha value is 0.510. The van der Waals surface area contributed by atoms with Crippen molar-refractivity contribution in [1.82, 2.24) is 0 Å². The summed E-state index contributed by atoms with van der Waals surface area (Å²) in [5, 5.41) is 0. The van der Waals surface area contributed by atoms with Crippen LogP contribution in [0.5, 0.6) is 11.5 Å². The number of hydrogen-bond acceptors (Lipinski definition) is 2. The molecule has 0 N–H and O–H groups in total. The molecule has 1 aromatic rings.